The van der Waals surface area contributed by atoms with E-state index in [2.05, 4.69) is 14.5 Å². The Hall–Kier alpha value is -1.95. The third-order valence-electron chi connectivity index (χ3n) is 4.10. The van der Waals surface area contributed by atoms with Gasteiger partial charge in [-0.2, -0.15) is 0 Å². The molecule has 1 amide bonds. The number of hydrogen-bond donors (Lipinski definition) is 0. The van der Waals surface area contributed by atoms with Crippen LogP contribution in [0.4, 0.5) is 0 Å². The third-order valence-corrected chi connectivity index (χ3v) is 4.10. The van der Waals surface area contributed by atoms with E-state index in [1.54, 1.807) is 13.3 Å². The van der Waals surface area contributed by atoms with E-state index in [1.165, 1.54) is 0 Å². The molecular formula is C15H20N4O2. The first-order chi connectivity index (χ1) is 10.2. The van der Waals surface area contributed by atoms with Crippen molar-refractivity contribution < 1.29 is 9.53 Å². The van der Waals surface area contributed by atoms with E-state index in [1.807, 2.05) is 24.1 Å². The molecule has 1 saturated heterocycles. The Morgan fingerprint density at radius 3 is 3.14 bits per heavy atom. The molecule has 0 bridgehead atoms. The number of carbonyl (C=O) groups excluding carboxylic acids is 1. The van der Waals surface area contributed by atoms with Crippen molar-refractivity contribution in [3.8, 4) is 0 Å². The normalized spacial score (nSPS) is 18.6. The smallest absolute Gasteiger partial charge is 0.248 e. The highest BCUT2D eigenvalue weighted by molar-refractivity contribution is 5.77. The fourth-order valence-electron chi connectivity index (χ4n) is 2.95. The van der Waals surface area contributed by atoms with Crippen LogP contribution >= 0.6 is 0 Å². The van der Waals surface area contributed by atoms with Crippen LogP contribution in [-0.4, -0.2) is 52.1 Å². The minimum absolute atomic E-state index is 0.0756. The van der Waals surface area contributed by atoms with Crippen LogP contribution < -0.4 is 0 Å². The number of aryl methyl sites for hydroxylation is 1. The number of methoxy groups -OCH3 is 1. The minimum Gasteiger partial charge on any atom is -0.375 e. The lowest BCUT2D eigenvalue weighted by Crippen LogP contribution is -2.31. The van der Waals surface area contributed by atoms with Gasteiger partial charge in [0.25, 0.3) is 0 Å². The van der Waals surface area contributed by atoms with Crippen molar-refractivity contribution >= 4 is 17.1 Å². The van der Waals surface area contributed by atoms with Gasteiger partial charge in [0.05, 0.1) is 0 Å². The van der Waals surface area contributed by atoms with E-state index in [4.69, 9.17) is 4.74 Å². The van der Waals surface area contributed by atoms with Crippen LogP contribution in [0.2, 0.25) is 0 Å². The summed E-state index contributed by atoms with van der Waals surface area (Å²) in [5.41, 5.74) is 1.85. The second kappa shape index (κ2) is 5.81. The molecule has 1 aliphatic rings. The molecule has 112 valence electrons. The monoisotopic (exact) mass is 288 g/mol. The first-order valence-electron chi connectivity index (χ1n) is 7.22. The molecular weight excluding hydrogens is 268 g/mol. The van der Waals surface area contributed by atoms with E-state index in [-0.39, 0.29) is 12.5 Å². The third kappa shape index (κ3) is 2.76. The van der Waals surface area contributed by atoms with Crippen LogP contribution in [0.3, 0.4) is 0 Å². The van der Waals surface area contributed by atoms with E-state index in [9.17, 15) is 4.79 Å². The van der Waals surface area contributed by atoms with Crippen LogP contribution in [0.5, 0.6) is 0 Å². The number of ether oxygens (including phenoxy) is 1. The summed E-state index contributed by atoms with van der Waals surface area (Å²) in [5, 5.41) is 0. The zero-order valence-electron chi connectivity index (χ0n) is 12.5. The molecule has 0 unspecified atom stereocenters. The average Bonchev–Trinajstić information content (AvgIpc) is 3.06. The standard InChI is InChI=1S/C15H20N4O2/c1-18-13(17-12-4-3-6-16-15(12)18)8-11-5-7-19(9-11)14(20)10-21-2/h3-4,6,11H,5,7-10H2,1-2H3/t11-/m1/s1. The van der Waals surface area contributed by atoms with Crippen LogP contribution in [0, 0.1) is 5.92 Å². The zero-order valence-corrected chi connectivity index (χ0v) is 12.5. The number of amides is 1. The number of likely N-dealkylation sites (tertiary alicyclic amines) is 1. The quantitative estimate of drug-likeness (QED) is 0.842. The van der Waals surface area contributed by atoms with Crippen LogP contribution in [0.1, 0.15) is 12.2 Å². The predicted molar refractivity (Wildman–Crippen MR) is 78.8 cm³/mol. The number of fused-ring (bicyclic) bond motifs is 1. The molecule has 0 N–H and O–H groups in total. The zero-order chi connectivity index (χ0) is 14.8. The number of nitrogens with zero attached hydrogens (tertiary/aromatic N) is 4. The Bertz CT molecular complexity index is 652. The first-order valence-corrected chi connectivity index (χ1v) is 7.22. The van der Waals surface area contributed by atoms with Crippen molar-refractivity contribution in [1.82, 2.24) is 19.4 Å². The number of imidazole rings is 1. The lowest BCUT2D eigenvalue weighted by molar-refractivity contribution is -0.134. The van der Waals surface area contributed by atoms with Crippen LogP contribution in [0.25, 0.3) is 11.2 Å². The molecule has 0 aromatic carbocycles. The van der Waals surface area contributed by atoms with Crippen molar-refractivity contribution in [2.75, 3.05) is 26.8 Å². The van der Waals surface area contributed by atoms with Crippen molar-refractivity contribution in [2.24, 2.45) is 13.0 Å². The van der Waals surface area contributed by atoms with E-state index in [0.717, 1.165) is 42.9 Å². The molecule has 6 nitrogen and oxygen atoms in total. The van der Waals surface area contributed by atoms with Gasteiger partial charge in [-0.05, 0) is 24.5 Å². The molecule has 21 heavy (non-hydrogen) atoms. The Labute approximate surface area is 123 Å². The van der Waals surface area contributed by atoms with Gasteiger partial charge < -0.3 is 14.2 Å². The van der Waals surface area contributed by atoms with Crippen LogP contribution in [0.15, 0.2) is 18.3 Å². The Morgan fingerprint density at radius 2 is 2.38 bits per heavy atom. The molecule has 0 aliphatic carbocycles. The maximum atomic E-state index is 11.8. The van der Waals surface area contributed by atoms with Crippen molar-refractivity contribution in [1.29, 1.82) is 0 Å². The molecule has 6 heteroatoms. The molecule has 3 rings (SSSR count). The highest BCUT2D eigenvalue weighted by Gasteiger charge is 2.27. The highest BCUT2D eigenvalue weighted by Crippen LogP contribution is 2.22. The Morgan fingerprint density at radius 1 is 1.52 bits per heavy atom. The summed E-state index contributed by atoms with van der Waals surface area (Å²) < 4.78 is 6.96. The molecule has 0 spiro atoms. The minimum atomic E-state index is 0.0756. The van der Waals surface area contributed by atoms with Crippen molar-refractivity contribution in [3.63, 3.8) is 0 Å². The SMILES string of the molecule is COCC(=O)N1CC[C@H](Cc2nc3cccnc3n2C)C1. The molecule has 1 atom stereocenters. The molecule has 0 radical (unpaired) electrons. The number of carbonyl (C=O) groups is 1. The van der Waals surface area contributed by atoms with Gasteiger partial charge in [-0.1, -0.05) is 0 Å². The summed E-state index contributed by atoms with van der Waals surface area (Å²) in [6, 6.07) is 3.88. The van der Waals surface area contributed by atoms with Gasteiger partial charge in [-0.15, -0.1) is 0 Å². The summed E-state index contributed by atoms with van der Waals surface area (Å²) in [4.78, 5) is 22.7. The summed E-state index contributed by atoms with van der Waals surface area (Å²) in [7, 11) is 3.55. The maximum absolute atomic E-state index is 11.8. The highest BCUT2D eigenvalue weighted by atomic mass is 16.5. The summed E-state index contributed by atoms with van der Waals surface area (Å²) >= 11 is 0. The Balaban J connectivity index is 1.69. The van der Waals surface area contributed by atoms with Crippen molar-refractivity contribution in [2.45, 2.75) is 12.8 Å². The van der Waals surface area contributed by atoms with E-state index >= 15 is 0 Å². The van der Waals surface area contributed by atoms with E-state index in [0.29, 0.717) is 5.92 Å². The van der Waals surface area contributed by atoms with Crippen molar-refractivity contribution in [3.05, 3.63) is 24.2 Å². The first kappa shape index (κ1) is 14.0. The number of pyridine rings is 1. The number of aromatic nitrogens is 3. The fraction of sp³-hybridized carbons (Fsp3) is 0.533. The van der Waals surface area contributed by atoms with Gasteiger partial charge in [-0.25, -0.2) is 9.97 Å². The molecule has 1 aliphatic heterocycles. The molecule has 0 saturated carbocycles. The summed E-state index contributed by atoms with van der Waals surface area (Å²) in [6.45, 7) is 1.77. The largest absolute Gasteiger partial charge is 0.375 e. The predicted octanol–water partition coefficient (Wildman–Crippen LogP) is 1.01. The van der Waals surface area contributed by atoms with Gasteiger partial charge >= 0.3 is 0 Å². The maximum Gasteiger partial charge on any atom is 0.248 e. The summed E-state index contributed by atoms with van der Waals surface area (Å²) in [6.07, 6.45) is 3.68. The molecule has 2 aromatic heterocycles. The van der Waals surface area contributed by atoms with Gasteiger partial charge in [0, 0.05) is 39.9 Å². The van der Waals surface area contributed by atoms with Gasteiger partial charge in [-0.3, -0.25) is 4.79 Å². The second-order valence-corrected chi connectivity index (χ2v) is 5.56. The van der Waals surface area contributed by atoms with Gasteiger partial charge in [0.15, 0.2) is 5.65 Å². The van der Waals surface area contributed by atoms with E-state index < -0.39 is 0 Å². The van der Waals surface area contributed by atoms with Gasteiger partial charge in [0.2, 0.25) is 5.91 Å². The molecule has 3 heterocycles. The molecule has 1 fully saturated rings. The van der Waals surface area contributed by atoms with Gasteiger partial charge in [0.1, 0.15) is 17.9 Å². The lowest BCUT2D eigenvalue weighted by Gasteiger charge is -2.15. The topological polar surface area (TPSA) is 60.2 Å². The fourth-order valence-corrected chi connectivity index (χ4v) is 2.95. The second-order valence-electron chi connectivity index (χ2n) is 5.56. The molecule has 2 aromatic rings. The number of hydrogen-bond acceptors (Lipinski definition) is 4. The summed E-state index contributed by atoms with van der Waals surface area (Å²) in [5.74, 6) is 1.57. The lowest BCUT2D eigenvalue weighted by atomic mass is 10.0. The average molecular weight is 288 g/mol. The van der Waals surface area contributed by atoms with Crippen LogP contribution in [-0.2, 0) is 23.0 Å². The Kier molecular flexibility index (Phi) is 3.88. The number of rotatable bonds is 4.